The molecule has 0 spiro atoms. The van der Waals surface area contributed by atoms with E-state index in [1.165, 1.54) is 6.92 Å². The Balaban J connectivity index is 1.12. The molecule has 270 valence electrons. The summed E-state index contributed by atoms with van der Waals surface area (Å²) in [6.45, 7) is 5.00. The molecule has 3 aromatic rings. The van der Waals surface area contributed by atoms with Crippen molar-refractivity contribution >= 4 is 17.6 Å². The maximum Gasteiger partial charge on any atom is 0.456 e. The highest BCUT2D eigenvalue weighted by atomic mass is 19.4. The fraction of sp³-hybridized carbons (Fsp3) is 0.462. The number of carbonyl (C=O) groups is 2. The highest BCUT2D eigenvalue weighted by Crippen LogP contribution is 2.70. The predicted octanol–water partition coefficient (Wildman–Crippen LogP) is 9.54. The minimum atomic E-state index is -5.91. The van der Waals surface area contributed by atoms with Gasteiger partial charge >= 0.3 is 18.2 Å². The summed E-state index contributed by atoms with van der Waals surface area (Å²) in [4.78, 5) is 24.9. The number of benzene rings is 2. The van der Waals surface area contributed by atoms with Crippen molar-refractivity contribution in [3.63, 3.8) is 0 Å². The smallest absolute Gasteiger partial charge is 0.444 e. The molecule has 0 saturated heterocycles. The van der Waals surface area contributed by atoms with Crippen LogP contribution in [0.5, 0.6) is 0 Å². The third-order valence-corrected chi connectivity index (χ3v) is 12.0. The molecule has 7 nitrogen and oxygen atoms in total. The maximum atomic E-state index is 15.3. The summed E-state index contributed by atoms with van der Waals surface area (Å²) in [6.07, 6.45) is -3.81. The molecular formula is C39H39F5N2O5. The minimum absolute atomic E-state index is 0.0208. The number of alkyl halides is 5. The average Bonchev–Trinajstić information content (AvgIpc) is 3.57. The van der Waals surface area contributed by atoms with E-state index < -0.39 is 47.5 Å². The van der Waals surface area contributed by atoms with E-state index in [4.69, 9.17) is 9.26 Å². The second-order valence-electron chi connectivity index (χ2n) is 14.7. The Hall–Kier alpha value is -4.32. The number of allylic oxidation sites excluding steroid dienone is 4. The first kappa shape index (κ1) is 35.1. The standard InChI is InChI=1S/C39H39F5N2O5/c1-21-33(22(2)51-46-21)25-8-11-27(12-9-25)45-35(48)50-20-23-4-6-24(7-5-23)31-19-36(3)32(16-17-37(36,49)38(40,41)39(42,43)44)30-14-10-26-18-28(47)13-15-29(26)34(30)31/h4-9,11-12,18,30-32,49H,10,13-17,19-20H2,1-3H3,(H,45,48)/t30-,31+,32-,36-,37-/m0/s1. The SMILES string of the molecule is Cc1noc(C)c1-c1ccc(NC(=O)OCc2ccc([C@H]3C[C@@]4(C)[C@@H](CC[C@@]4(O)C(F)(F)C(F)(F)F)[C@@H]4CCC5=CC(=O)CCC5=C43)cc2)cc1. The first-order chi connectivity index (χ1) is 24.0. The van der Waals surface area contributed by atoms with Crippen molar-refractivity contribution in [1.82, 2.24) is 5.16 Å². The van der Waals surface area contributed by atoms with Crippen LogP contribution in [0.4, 0.5) is 32.4 Å². The number of carbonyl (C=O) groups excluding carboxylic acids is 2. The van der Waals surface area contributed by atoms with Gasteiger partial charge in [0.05, 0.1) is 5.69 Å². The summed E-state index contributed by atoms with van der Waals surface area (Å²) < 4.78 is 82.8. The average molecular weight is 711 g/mol. The van der Waals surface area contributed by atoms with Gasteiger partial charge in [-0.3, -0.25) is 10.1 Å². The number of amides is 1. The van der Waals surface area contributed by atoms with Crippen LogP contribution >= 0.6 is 0 Å². The van der Waals surface area contributed by atoms with Gasteiger partial charge in [-0.1, -0.05) is 54.1 Å². The first-order valence-electron chi connectivity index (χ1n) is 17.2. The number of ether oxygens (including phenoxy) is 1. The van der Waals surface area contributed by atoms with Crippen molar-refractivity contribution in [2.24, 2.45) is 17.3 Å². The van der Waals surface area contributed by atoms with Crippen LogP contribution < -0.4 is 5.32 Å². The number of rotatable bonds is 6. The third kappa shape index (κ3) is 5.70. The molecule has 0 bridgehead atoms. The number of fused-ring (bicyclic) bond motifs is 4. The van der Waals surface area contributed by atoms with Crippen LogP contribution in [0, 0.1) is 31.1 Å². The van der Waals surface area contributed by atoms with E-state index in [1.54, 1.807) is 42.5 Å². The molecule has 5 atom stereocenters. The number of aliphatic hydroxyl groups is 1. The lowest BCUT2D eigenvalue weighted by atomic mass is 9.50. The van der Waals surface area contributed by atoms with Gasteiger partial charge in [0.25, 0.3) is 0 Å². The summed E-state index contributed by atoms with van der Waals surface area (Å²) in [7, 11) is 0. The largest absolute Gasteiger partial charge is 0.456 e. The van der Waals surface area contributed by atoms with E-state index in [2.05, 4.69) is 10.5 Å². The number of nitrogens with zero attached hydrogens (tertiary/aromatic N) is 1. The molecule has 2 aromatic carbocycles. The molecular weight excluding hydrogens is 671 g/mol. The molecule has 4 aliphatic carbocycles. The molecule has 2 saturated carbocycles. The molecule has 0 unspecified atom stereocenters. The summed E-state index contributed by atoms with van der Waals surface area (Å²) in [5.74, 6) is -6.03. The summed E-state index contributed by atoms with van der Waals surface area (Å²) in [5.41, 5.74) is 2.29. The van der Waals surface area contributed by atoms with E-state index >= 15 is 8.78 Å². The van der Waals surface area contributed by atoms with Gasteiger partial charge in [-0.15, -0.1) is 0 Å². The number of hydrogen-bond donors (Lipinski definition) is 2. The van der Waals surface area contributed by atoms with Crippen LogP contribution in [0.15, 0.2) is 75.8 Å². The monoisotopic (exact) mass is 710 g/mol. The fourth-order valence-corrected chi connectivity index (χ4v) is 9.48. The van der Waals surface area contributed by atoms with Crippen molar-refractivity contribution < 1.29 is 45.9 Å². The Morgan fingerprint density at radius 1 is 1.02 bits per heavy atom. The van der Waals surface area contributed by atoms with Crippen LogP contribution in [0.3, 0.4) is 0 Å². The Kier molecular flexibility index (Phi) is 8.55. The Morgan fingerprint density at radius 3 is 2.37 bits per heavy atom. The lowest BCUT2D eigenvalue weighted by Crippen LogP contribution is -2.65. The van der Waals surface area contributed by atoms with Gasteiger partial charge in [-0.05, 0) is 110 Å². The second-order valence-corrected chi connectivity index (χ2v) is 14.7. The Bertz CT molecular complexity index is 1910. The van der Waals surface area contributed by atoms with Gasteiger partial charge in [0.2, 0.25) is 0 Å². The minimum Gasteiger partial charge on any atom is -0.444 e. The fourth-order valence-electron chi connectivity index (χ4n) is 9.48. The van der Waals surface area contributed by atoms with Crippen molar-refractivity contribution in [2.75, 3.05) is 5.32 Å². The molecule has 51 heavy (non-hydrogen) atoms. The lowest BCUT2D eigenvalue weighted by Gasteiger charge is -2.56. The predicted molar refractivity (Wildman–Crippen MR) is 178 cm³/mol. The molecule has 12 heteroatoms. The first-order valence-corrected chi connectivity index (χ1v) is 17.2. The molecule has 1 amide bonds. The van der Waals surface area contributed by atoms with Gasteiger partial charge in [0.15, 0.2) is 5.78 Å². The quantitative estimate of drug-likeness (QED) is 0.247. The number of anilines is 1. The molecule has 0 aliphatic heterocycles. The van der Waals surface area contributed by atoms with Gasteiger partial charge in [-0.2, -0.15) is 22.0 Å². The zero-order valence-corrected chi connectivity index (χ0v) is 28.5. The van der Waals surface area contributed by atoms with E-state index in [0.717, 1.165) is 33.5 Å². The number of hydrogen-bond acceptors (Lipinski definition) is 6. The third-order valence-electron chi connectivity index (χ3n) is 12.0. The normalized spacial score (nSPS) is 27.7. The molecule has 7 rings (SSSR count). The number of ketones is 1. The Morgan fingerprint density at radius 2 is 1.73 bits per heavy atom. The number of aromatic nitrogens is 1. The highest BCUT2D eigenvalue weighted by molar-refractivity contribution is 5.93. The highest BCUT2D eigenvalue weighted by Gasteiger charge is 2.79. The number of nitrogens with one attached hydrogen (secondary N) is 1. The van der Waals surface area contributed by atoms with Gasteiger partial charge in [0.1, 0.15) is 18.0 Å². The van der Waals surface area contributed by atoms with Crippen LogP contribution in [0.25, 0.3) is 11.1 Å². The van der Waals surface area contributed by atoms with E-state index in [-0.39, 0.29) is 31.1 Å². The maximum absolute atomic E-state index is 15.3. The van der Waals surface area contributed by atoms with Crippen LogP contribution in [0.1, 0.15) is 80.4 Å². The topological polar surface area (TPSA) is 102 Å². The molecule has 1 heterocycles. The zero-order valence-electron chi connectivity index (χ0n) is 28.5. The van der Waals surface area contributed by atoms with Crippen molar-refractivity contribution in [3.05, 3.63) is 93.9 Å². The van der Waals surface area contributed by atoms with E-state index in [1.807, 2.05) is 26.0 Å². The molecule has 0 radical (unpaired) electrons. The molecule has 2 N–H and O–H groups in total. The molecule has 4 aliphatic rings. The van der Waals surface area contributed by atoms with E-state index in [9.17, 15) is 27.9 Å². The van der Waals surface area contributed by atoms with Gasteiger partial charge < -0.3 is 14.4 Å². The molecule has 1 aromatic heterocycles. The summed E-state index contributed by atoms with van der Waals surface area (Å²) in [5, 5.41) is 18.1. The second kappa shape index (κ2) is 12.4. The summed E-state index contributed by atoms with van der Waals surface area (Å²) in [6, 6.07) is 14.2. The van der Waals surface area contributed by atoms with E-state index in [0.29, 0.717) is 48.3 Å². The van der Waals surface area contributed by atoms with Crippen LogP contribution in [-0.4, -0.2) is 39.8 Å². The zero-order chi connectivity index (χ0) is 36.5. The van der Waals surface area contributed by atoms with Gasteiger partial charge in [-0.25, -0.2) is 4.79 Å². The number of halogens is 5. The Labute approximate surface area is 291 Å². The lowest BCUT2D eigenvalue weighted by molar-refractivity contribution is -0.362. The van der Waals surface area contributed by atoms with Crippen molar-refractivity contribution in [1.29, 1.82) is 0 Å². The summed E-state index contributed by atoms with van der Waals surface area (Å²) >= 11 is 0. The van der Waals surface area contributed by atoms with Gasteiger partial charge in [0, 0.05) is 29.0 Å². The van der Waals surface area contributed by atoms with Crippen molar-refractivity contribution in [2.45, 2.75) is 95.9 Å². The van der Waals surface area contributed by atoms with Crippen LogP contribution in [0.2, 0.25) is 0 Å². The number of aryl methyl sites for hydroxylation is 2. The van der Waals surface area contributed by atoms with Crippen molar-refractivity contribution in [3.8, 4) is 11.1 Å². The van der Waals surface area contributed by atoms with Crippen LogP contribution in [-0.2, 0) is 16.1 Å². The molecule has 2 fully saturated rings.